The third-order valence-electron chi connectivity index (χ3n) is 3.47. The van der Waals surface area contributed by atoms with Crippen LogP contribution in [0.4, 0.5) is 5.69 Å². The third-order valence-corrected chi connectivity index (χ3v) is 4.08. The molecule has 1 atom stereocenters. The molecule has 84 valence electrons. The smallest absolute Gasteiger partial charge is 0.228 e. The first-order valence-electron chi connectivity index (χ1n) is 5.80. The van der Waals surface area contributed by atoms with Crippen molar-refractivity contribution in [2.45, 2.75) is 30.5 Å². The number of rotatable bonds is 1. The zero-order chi connectivity index (χ0) is 11.1. The Bertz CT molecular complexity index is 444. The number of alkyl halides is 1. The number of benzene rings is 1. The molecule has 1 aromatic rings. The molecule has 16 heavy (non-hydrogen) atoms. The number of amides is 1. The van der Waals surface area contributed by atoms with Gasteiger partial charge in [-0.1, -0.05) is 22.0 Å². The molecule has 0 N–H and O–H groups in total. The fourth-order valence-electron chi connectivity index (χ4n) is 2.64. The minimum Gasteiger partial charge on any atom is -0.311 e. The second-order valence-electron chi connectivity index (χ2n) is 4.61. The van der Waals surface area contributed by atoms with Crippen LogP contribution in [-0.2, 0) is 17.6 Å². The zero-order valence-electron chi connectivity index (χ0n) is 9.08. The summed E-state index contributed by atoms with van der Waals surface area (Å²) < 4.78 is 0. The van der Waals surface area contributed by atoms with Crippen molar-refractivity contribution in [3.8, 4) is 0 Å². The number of nitrogens with zero attached hydrogens (tertiary/aromatic N) is 1. The third kappa shape index (κ3) is 1.67. The molecule has 1 amide bonds. The minimum absolute atomic E-state index is 0.236. The zero-order valence-corrected chi connectivity index (χ0v) is 10.7. The van der Waals surface area contributed by atoms with Crippen molar-refractivity contribution in [3.05, 3.63) is 29.3 Å². The maximum Gasteiger partial charge on any atom is 0.228 e. The van der Waals surface area contributed by atoms with Gasteiger partial charge in [0.1, 0.15) is 0 Å². The molecule has 1 fully saturated rings. The van der Waals surface area contributed by atoms with Gasteiger partial charge in [0.05, 0.1) is 0 Å². The van der Waals surface area contributed by atoms with Crippen molar-refractivity contribution in [2.24, 2.45) is 0 Å². The summed E-state index contributed by atoms with van der Waals surface area (Å²) in [5, 5.41) is 0. The molecule has 0 radical (unpaired) electrons. The van der Waals surface area contributed by atoms with E-state index in [2.05, 4.69) is 34.1 Å². The van der Waals surface area contributed by atoms with Crippen molar-refractivity contribution < 1.29 is 4.79 Å². The standard InChI is InChI=1S/C13H14BrNO/c14-11-7-13(16)15(8-11)12-5-4-9-2-1-3-10(9)6-12/h4-6,11H,1-3,7-8H2. The maximum absolute atomic E-state index is 11.8. The van der Waals surface area contributed by atoms with Crippen molar-refractivity contribution in [1.29, 1.82) is 0 Å². The summed E-state index contributed by atoms with van der Waals surface area (Å²) in [5.74, 6) is 0.236. The molecule has 1 aliphatic heterocycles. The molecular weight excluding hydrogens is 266 g/mol. The van der Waals surface area contributed by atoms with Crippen LogP contribution < -0.4 is 4.90 Å². The summed E-state index contributed by atoms with van der Waals surface area (Å²) in [6, 6.07) is 6.48. The lowest BCUT2D eigenvalue weighted by molar-refractivity contribution is -0.117. The first-order valence-corrected chi connectivity index (χ1v) is 6.72. The van der Waals surface area contributed by atoms with Gasteiger partial charge in [0.25, 0.3) is 0 Å². The van der Waals surface area contributed by atoms with E-state index in [4.69, 9.17) is 0 Å². The topological polar surface area (TPSA) is 20.3 Å². The van der Waals surface area contributed by atoms with E-state index in [1.54, 1.807) is 0 Å². The lowest BCUT2D eigenvalue weighted by Gasteiger charge is -2.17. The molecular formula is C13H14BrNO. The molecule has 1 heterocycles. The van der Waals surface area contributed by atoms with Crippen LogP contribution in [0.5, 0.6) is 0 Å². The van der Waals surface area contributed by atoms with E-state index in [0.717, 1.165) is 12.2 Å². The molecule has 1 aliphatic carbocycles. The van der Waals surface area contributed by atoms with Gasteiger partial charge in [-0.25, -0.2) is 0 Å². The van der Waals surface area contributed by atoms with E-state index in [-0.39, 0.29) is 5.91 Å². The monoisotopic (exact) mass is 279 g/mol. The van der Waals surface area contributed by atoms with Crippen LogP contribution in [0, 0.1) is 0 Å². The van der Waals surface area contributed by atoms with E-state index < -0.39 is 0 Å². The maximum atomic E-state index is 11.8. The van der Waals surface area contributed by atoms with E-state index in [1.165, 1.54) is 30.4 Å². The predicted octanol–water partition coefficient (Wildman–Crippen LogP) is 2.68. The average molecular weight is 280 g/mol. The lowest BCUT2D eigenvalue weighted by atomic mass is 10.1. The molecule has 1 aromatic carbocycles. The highest BCUT2D eigenvalue weighted by Crippen LogP contribution is 2.30. The molecule has 0 saturated carbocycles. The summed E-state index contributed by atoms with van der Waals surface area (Å²) in [5.41, 5.74) is 3.97. The number of carbonyl (C=O) groups excluding carboxylic acids is 1. The Labute approximate surface area is 104 Å². The van der Waals surface area contributed by atoms with E-state index in [9.17, 15) is 4.79 Å². The van der Waals surface area contributed by atoms with Gasteiger partial charge in [0, 0.05) is 23.5 Å². The molecule has 2 aliphatic rings. The van der Waals surface area contributed by atoms with Crippen LogP contribution in [0.3, 0.4) is 0 Å². The van der Waals surface area contributed by atoms with Crippen molar-refractivity contribution in [1.82, 2.24) is 0 Å². The number of carbonyl (C=O) groups is 1. The number of anilines is 1. The van der Waals surface area contributed by atoms with Crippen LogP contribution in [0.1, 0.15) is 24.0 Å². The summed E-state index contributed by atoms with van der Waals surface area (Å²) in [6.45, 7) is 0.803. The summed E-state index contributed by atoms with van der Waals surface area (Å²) >= 11 is 3.52. The van der Waals surface area contributed by atoms with Gasteiger partial charge >= 0.3 is 0 Å². The van der Waals surface area contributed by atoms with Crippen molar-refractivity contribution in [3.63, 3.8) is 0 Å². The SMILES string of the molecule is O=C1CC(Br)CN1c1ccc2c(c1)CCC2. The highest BCUT2D eigenvalue weighted by Gasteiger charge is 2.29. The highest BCUT2D eigenvalue weighted by atomic mass is 79.9. The van der Waals surface area contributed by atoms with E-state index >= 15 is 0 Å². The number of hydrogen-bond donors (Lipinski definition) is 0. The fraction of sp³-hybridized carbons (Fsp3) is 0.462. The molecule has 0 bridgehead atoms. The first-order chi connectivity index (χ1) is 7.74. The van der Waals surface area contributed by atoms with Crippen molar-refractivity contribution in [2.75, 3.05) is 11.4 Å². The van der Waals surface area contributed by atoms with Gasteiger partial charge in [-0.05, 0) is 42.5 Å². The largest absolute Gasteiger partial charge is 0.311 e. The summed E-state index contributed by atoms with van der Waals surface area (Å²) in [4.78, 5) is 14.0. The number of hydrogen-bond acceptors (Lipinski definition) is 1. The molecule has 0 spiro atoms. The van der Waals surface area contributed by atoms with Gasteiger partial charge in [-0.3, -0.25) is 4.79 Å². The summed E-state index contributed by atoms with van der Waals surface area (Å²) in [6.07, 6.45) is 4.25. The second kappa shape index (κ2) is 3.88. The Kier molecular flexibility index (Phi) is 2.51. The van der Waals surface area contributed by atoms with Gasteiger partial charge < -0.3 is 4.90 Å². The molecule has 2 nitrogen and oxygen atoms in total. The van der Waals surface area contributed by atoms with Crippen LogP contribution >= 0.6 is 15.9 Å². The molecule has 1 saturated heterocycles. The number of fused-ring (bicyclic) bond motifs is 1. The van der Waals surface area contributed by atoms with E-state index in [0.29, 0.717) is 11.2 Å². The molecule has 0 aromatic heterocycles. The Morgan fingerprint density at radius 3 is 2.81 bits per heavy atom. The Morgan fingerprint density at radius 1 is 1.25 bits per heavy atom. The van der Waals surface area contributed by atoms with E-state index in [1.807, 2.05) is 4.90 Å². The predicted molar refractivity (Wildman–Crippen MR) is 68.2 cm³/mol. The van der Waals surface area contributed by atoms with Crippen LogP contribution in [0.2, 0.25) is 0 Å². The summed E-state index contributed by atoms with van der Waals surface area (Å²) in [7, 11) is 0. The van der Waals surface area contributed by atoms with Gasteiger partial charge in [0.15, 0.2) is 0 Å². The lowest BCUT2D eigenvalue weighted by Crippen LogP contribution is -2.24. The first kappa shape index (κ1) is 10.3. The molecule has 3 heteroatoms. The van der Waals surface area contributed by atoms with Crippen LogP contribution in [0.15, 0.2) is 18.2 Å². The second-order valence-corrected chi connectivity index (χ2v) is 5.91. The quantitative estimate of drug-likeness (QED) is 0.724. The van der Waals surface area contributed by atoms with Crippen molar-refractivity contribution >= 4 is 27.5 Å². The number of halogens is 1. The highest BCUT2D eigenvalue weighted by molar-refractivity contribution is 9.09. The molecule has 3 rings (SSSR count). The van der Waals surface area contributed by atoms with Crippen LogP contribution in [0.25, 0.3) is 0 Å². The van der Waals surface area contributed by atoms with Gasteiger partial charge in [-0.2, -0.15) is 0 Å². The van der Waals surface area contributed by atoms with Gasteiger partial charge in [0.2, 0.25) is 5.91 Å². The number of aryl methyl sites for hydroxylation is 2. The average Bonchev–Trinajstić information content (AvgIpc) is 2.83. The Balaban J connectivity index is 1.92. The Morgan fingerprint density at radius 2 is 2.06 bits per heavy atom. The minimum atomic E-state index is 0.236. The van der Waals surface area contributed by atoms with Gasteiger partial charge in [-0.15, -0.1) is 0 Å². The normalized spacial score (nSPS) is 23.9. The van der Waals surface area contributed by atoms with Crippen LogP contribution in [-0.4, -0.2) is 17.3 Å². The Hall–Kier alpha value is -0.830. The molecule has 1 unspecified atom stereocenters. The fourth-order valence-corrected chi connectivity index (χ4v) is 3.21.